The fraction of sp³-hybridized carbons (Fsp3) is 0.625. The fourth-order valence-corrected chi connectivity index (χ4v) is 3.55. The predicted octanol–water partition coefficient (Wildman–Crippen LogP) is 2.60. The number of ether oxygens (including phenoxy) is 1. The van der Waals surface area contributed by atoms with Gasteiger partial charge >= 0.3 is 0 Å². The van der Waals surface area contributed by atoms with Crippen molar-refractivity contribution >= 4 is 15.9 Å². The van der Waals surface area contributed by atoms with Gasteiger partial charge in [-0.2, -0.15) is 0 Å². The molecule has 0 aromatic heterocycles. The Hall–Kier alpha value is -0.620. The Bertz CT molecular complexity index is 456. The third-order valence-electron chi connectivity index (χ3n) is 4.36. The Morgan fingerprint density at radius 1 is 1.43 bits per heavy atom. The van der Waals surface area contributed by atoms with Gasteiger partial charge < -0.3 is 20.9 Å². The van der Waals surface area contributed by atoms with E-state index >= 15 is 0 Å². The molecule has 0 saturated heterocycles. The Kier molecular flexibility index (Phi) is 6.48. The molecule has 0 amide bonds. The maximum Gasteiger partial charge on any atom is 0.123 e. The molecule has 0 radical (unpaired) electrons. The summed E-state index contributed by atoms with van der Waals surface area (Å²) in [4.78, 5) is 0. The summed E-state index contributed by atoms with van der Waals surface area (Å²) in [5.74, 6) is 1.17. The average molecular weight is 357 g/mol. The molecule has 0 heterocycles. The van der Waals surface area contributed by atoms with E-state index in [9.17, 15) is 5.11 Å². The maximum atomic E-state index is 9.56. The van der Waals surface area contributed by atoms with Crippen LogP contribution in [0.2, 0.25) is 0 Å². The van der Waals surface area contributed by atoms with Crippen molar-refractivity contribution in [1.82, 2.24) is 5.32 Å². The lowest BCUT2D eigenvalue weighted by molar-refractivity contribution is 0.146. The van der Waals surface area contributed by atoms with Crippen molar-refractivity contribution in [2.75, 3.05) is 20.3 Å². The van der Waals surface area contributed by atoms with Crippen LogP contribution in [0.4, 0.5) is 0 Å². The predicted molar refractivity (Wildman–Crippen MR) is 88.5 cm³/mol. The molecule has 3 atom stereocenters. The molecule has 4 N–H and O–H groups in total. The Morgan fingerprint density at radius 3 is 2.86 bits per heavy atom. The quantitative estimate of drug-likeness (QED) is 0.732. The molecule has 3 unspecified atom stereocenters. The Labute approximate surface area is 135 Å². The summed E-state index contributed by atoms with van der Waals surface area (Å²) in [5.41, 5.74) is 7.05. The minimum absolute atomic E-state index is 0.0367. The number of rotatable bonds is 6. The van der Waals surface area contributed by atoms with Gasteiger partial charge in [0.05, 0.1) is 7.11 Å². The van der Waals surface area contributed by atoms with Crippen molar-refractivity contribution < 1.29 is 9.84 Å². The molecule has 1 aliphatic rings. The third-order valence-corrected chi connectivity index (χ3v) is 4.85. The first-order chi connectivity index (χ1) is 10.2. The number of aliphatic hydroxyl groups is 1. The lowest BCUT2D eigenvalue weighted by Crippen LogP contribution is -2.44. The second kappa shape index (κ2) is 8.13. The number of benzene rings is 1. The highest BCUT2D eigenvalue weighted by atomic mass is 79.9. The van der Waals surface area contributed by atoms with Gasteiger partial charge in [-0.05, 0) is 37.0 Å². The standard InChI is InChI=1S/C16H25BrN2O2/c1-21-16-7-6-12(17)8-13(16)15(9-18)19-14-5-3-2-4-11(14)10-20/h6-8,11,14-15,19-20H,2-5,9-10,18H2,1H3. The van der Waals surface area contributed by atoms with Crippen LogP contribution in [0.3, 0.4) is 0 Å². The summed E-state index contributed by atoms with van der Waals surface area (Å²) in [7, 11) is 1.68. The molecule has 21 heavy (non-hydrogen) atoms. The molecule has 5 heteroatoms. The molecule has 1 fully saturated rings. The summed E-state index contributed by atoms with van der Waals surface area (Å²) in [6.45, 7) is 0.742. The van der Waals surface area contributed by atoms with E-state index in [4.69, 9.17) is 10.5 Å². The second-order valence-electron chi connectivity index (χ2n) is 5.67. The van der Waals surface area contributed by atoms with Gasteiger partial charge in [0.2, 0.25) is 0 Å². The maximum absolute atomic E-state index is 9.56. The van der Waals surface area contributed by atoms with Crippen LogP contribution in [-0.2, 0) is 0 Å². The molecular weight excluding hydrogens is 332 g/mol. The zero-order valence-corrected chi connectivity index (χ0v) is 14.1. The van der Waals surface area contributed by atoms with E-state index in [2.05, 4.69) is 27.3 Å². The van der Waals surface area contributed by atoms with Crippen molar-refractivity contribution in [3.63, 3.8) is 0 Å². The average Bonchev–Trinajstić information content (AvgIpc) is 2.53. The fourth-order valence-electron chi connectivity index (χ4n) is 3.17. The number of halogens is 1. The highest BCUT2D eigenvalue weighted by Crippen LogP contribution is 2.31. The first-order valence-electron chi connectivity index (χ1n) is 7.60. The molecule has 1 saturated carbocycles. The van der Waals surface area contributed by atoms with Gasteiger partial charge in [-0.25, -0.2) is 0 Å². The first kappa shape index (κ1) is 16.7. The normalized spacial score (nSPS) is 23.8. The number of nitrogens with two attached hydrogens (primary N) is 1. The van der Waals surface area contributed by atoms with Crippen molar-refractivity contribution in [1.29, 1.82) is 0 Å². The van der Waals surface area contributed by atoms with Gasteiger partial charge in [-0.1, -0.05) is 28.8 Å². The van der Waals surface area contributed by atoms with Crippen LogP contribution in [-0.4, -0.2) is 31.4 Å². The van der Waals surface area contributed by atoms with Crippen LogP contribution in [0.25, 0.3) is 0 Å². The highest BCUT2D eigenvalue weighted by Gasteiger charge is 2.27. The summed E-state index contributed by atoms with van der Waals surface area (Å²) in [5, 5.41) is 13.2. The van der Waals surface area contributed by atoms with Gasteiger partial charge in [0.15, 0.2) is 0 Å². The molecule has 1 aliphatic carbocycles. The number of hydrogen-bond donors (Lipinski definition) is 3. The zero-order chi connectivity index (χ0) is 15.2. The number of hydrogen-bond acceptors (Lipinski definition) is 4. The van der Waals surface area contributed by atoms with Crippen molar-refractivity contribution in [3.8, 4) is 5.75 Å². The molecular formula is C16H25BrN2O2. The largest absolute Gasteiger partial charge is 0.496 e. The van der Waals surface area contributed by atoms with Gasteiger partial charge in [0.25, 0.3) is 0 Å². The third kappa shape index (κ3) is 4.19. The summed E-state index contributed by atoms with van der Waals surface area (Å²) >= 11 is 3.51. The topological polar surface area (TPSA) is 67.5 Å². The monoisotopic (exact) mass is 356 g/mol. The number of methoxy groups -OCH3 is 1. The van der Waals surface area contributed by atoms with Crippen molar-refractivity contribution in [2.24, 2.45) is 11.7 Å². The van der Waals surface area contributed by atoms with E-state index in [1.807, 2.05) is 12.1 Å². The number of nitrogens with one attached hydrogen (secondary N) is 1. The number of aliphatic hydroxyl groups excluding tert-OH is 1. The van der Waals surface area contributed by atoms with E-state index < -0.39 is 0 Å². The van der Waals surface area contributed by atoms with E-state index in [-0.39, 0.29) is 12.6 Å². The smallest absolute Gasteiger partial charge is 0.123 e. The van der Waals surface area contributed by atoms with Crippen molar-refractivity contribution in [3.05, 3.63) is 28.2 Å². The lowest BCUT2D eigenvalue weighted by atomic mass is 9.84. The minimum atomic E-state index is 0.0367. The van der Waals surface area contributed by atoms with Crippen LogP contribution in [0.5, 0.6) is 5.75 Å². The van der Waals surface area contributed by atoms with Gasteiger partial charge in [0, 0.05) is 35.3 Å². The van der Waals surface area contributed by atoms with Gasteiger partial charge in [-0.15, -0.1) is 0 Å². The van der Waals surface area contributed by atoms with Gasteiger partial charge in [-0.3, -0.25) is 0 Å². The lowest BCUT2D eigenvalue weighted by Gasteiger charge is -2.34. The molecule has 1 aromatic rings. The summed E-state index contributed by atoms with van der Waals surface area (Å²) < 4.78 is 6.47. The summed E-state index contributed by atoms with van der Waals surface area (Å²) in [6.07, 6.45) is 4.59. The van der Waals surface area contributed by atoms with Crippen LogP contribution in [0.1, 0.15) is 37.3 Å². The van der Waals surface area contributed by atoms with Crippen molar-refractivity contribution in [2.45, 2.75) is 37.8 Å². The van der Waals surface area contributed by atoms with Crippen LogP contribution in [0.15, 0.2) is 22.7 Å². The van der Waals surface area contributed by atoms with E-state index in [0.717, 1.165) is 28.6 Å². The van der Waals surface area contributed by atoms with Gasteiger partial charge in [0.1, 0.15) is 5.75 Å². The van der Waals surface area contributed by atoms with Crippen LogP contribution < -0.4 is 15.8 Å². The Morgan fingerprint density at radius 2 is 2.19 bits per heavy atom. The SMILES string of the molecule is COc1ccc(Br)cc1C(CN)NC1CCCCC1CO. The van der Waals surface area contributed by atoms with E-state index in [0.29, 0.717) is 18.5 Å². The molecule has 1 aromatic carbocycles. The Balaban J connectivity index is 2.17. The molecule has 2 rings (SSSR count). The van der Waals surface area contributed by atoms with Crippen LogP contribution in [0, 0.1) is 5.92 Å². The second-order valence-corrected chi connectivity index (χ2v) is 6.59. The van der Waals surface area contributed by atoms with E-state index in [1.165, 1.54) is 12.8 Å². The highest BCUT2D eigenvalue weighted by molar-refractivity contribution is 9.10. The first-order valence-corrected chi connectivity index (χ1v) is 8.39. The molecule has 0 bridgehead atoms. The summed E-state index contributed by atoms with van der Waals surface area (Å²) in [6, 6.07) is 6.33. The zero-order valence-electron chi connectivity index (χ0n) is 12.5. The molecule has 0 spiro atoms. The molecule has 4 nitrogen and oxygen atoms in total. The molecule has 0 aliphatic heterocycles. The minimum Gasteiger partial charge on any atom is -0.496 e. The van der Waals surface area contributed by atoms with Crippen LogP contribution >= 0.6 is 15.9 Å². The van der Waals surface area contributed by atoms with E-state index in [1.54, 1.807) is 7.11 Å². The molecule has 118 valence electrons.